The Morgan fingerprint density at radius 1 is 0.594 bits per heavy atom. The van der Waals surface area contributed by atoms with Crippen LogP contribution in [-0.4, -0.2) is 11.9 Å². The van der Waals surface area contributed by atoms with Crippen molar-refractivity contribution in [2.24, 2.45) is 0 Å². The van der Waals surface area contributed by atoms with Gasteiger partial charge >= 0.3 is 11.9 Å². The standard InChI is InChI=1S/C28H30O4/c1-17-11-18(2)14-23(13-17)27(31-21(5)29)25-9-7-8-10-26(25)28(32-22(6)30)24-15-19(3)12-20(4)16-24/h7-16,27-28H,1-6H3. The van der Waals surface area contributed by atoms with Gasteiger partial charge in [-0.05, 0) is 38.8 Å². The highest BCUT2D eigenvalue weighted by Gasteiger charge is 2.27. The van der Waals surface area contributed by atoms with Crippen LogP contribution >= 0.6 is 0 Å². The number of aryl methyl sites for hydroxylation is 4. The van der Waals surface area contributed by atoms with Crippen molar-refractivity contribution in [3.8, 4) is 0 Å². The Morgan fingerprint density at radius 3 is 1.19 bits per heavy atom. The minimum absolute atomic E-state index is 0.376. The van der Waals surface area contributed by atoms with Gasteiger partial charge in [0.15, 0.2) is 12.2 Å². The molecular weight excluding hydrogens is 400 g/mol. The van der Waals surface area contributed by atoms with E-state index in [1.54, 1.807) is 0 Å². The average Bonchev–Trinajstić information content (AvgIpc) is 2.68. The lowest BCUT2D eigenvalue weighted by Gasteiger charge is -2.26. The maximum Gasteiger partial charge on any atom is 0.303 e. The molecule has 3 aromatic rings. The van der Waals surface area contributed by atoms with Gasteiger partial charge in [-0.3, -0.25) is 9.59 Å². The summed E-state index contributed by atoms with van der Waals surface area (Å²) in [4.78, 5) is 24.2. The SMILES string of the molecule is CC(=O)OC(c1cc(C)cc(C)c1)c1ccccc1C(OC(C)=O)c1cc(C)cc(C)c1. The first-order valence-corrected chi connectivity index (χ1v) is 10.7. The molecule has 0 amide bonds. The highest BCUT2D eigenvalue weighted by atomic mass is 16.5. The molecule has 0 radical (unpaired) electrons. The summed E-state index contributed by atoms with van der Waals surface area (Å²) < 4.78 is 11.7. The van der Waals surface area contributed by atoms with Crippen LogP contribution in [0.4, 0.5) is 0 Å². The minimum Gasteiger partial charge on any atom is -0.453 e. The summed E-state index contributed by atoms with van der Waals surface area (Å²) in [7, 11) is 0. The normalized spacial score (nSPS) is 12.7. The molecule has 0 bridgehead atoms. The predicted octanol–water partition coefficient (Wildman–Crippen LogP) is 6.23. The first-order chi connectivity index (χ1) is 15.1. The zero-order valence-corrected chi connectivity index (χ0v) is 19.6. The van der Waals surface area contributed by atoms with Crippen LogP contribution in [0.3, 0.4) is 0 Å². The van der Waals surface area contributed by atoms with E-state index < -0.39 is 12.2 Å². The van der Waals surface area contributed by atoms with E-state index >= 15 is 0 Å². The summed E-state index contributed by atoms with van der Waals surface area (Å²) in [6.07, 6.45) is -1.24. The molecule has 0 heterocycles. The van der Waals surface area contributed by atoms with Crippen molar-refractivity contribution in [2.75, 3.05) is 0 Å². The topological polar surface area (TPSA) is 52.6 Å². The zero-order valence-electron chi connectivity index (χ0n) is 19.6. The second kappa shape index (κ2) is 9.82. The molecule has 0 N–H and O–H groups in total. The summed E-state index contributed by atoms with van der Waals surface area (Å²) in [6.45, 7) is 10.9. The molecule has 4 nitrogen and oxygen atoms in total. The summed E-state index contributed by atoms with van der Waals surface area (Å²) in [5, 5.41) is 0. The molecule has 0 saturated carbocycles. The van der Waals surface area contributed by atoms with Crippen LogP contribution in [0.1, 0.15) is 70.6 Å². The third-order valence-electron chi connectivity index (χ3n) is 5.22. The van der Waals surface area contributed by atoms with E-state index in [9.17, 15) is 9.59 Å². The van der Waals surface area contributed by atoms with E-state index in [0.717, 1.165) is 44.5 Å². The Bertz CT molecular complexity index is 1010. The fourth-order valence-electron chi connectivity index (χ4n) is 4.27. The molecular formula is C28H30O4. The summed E-state index contributed by atoms with van der Waals surface area (Å²) in [5.74, 6) is -0.751. The summed E-state index contributed by atoms with van der Waals surface area (Å²) in [6, 6.07) is 19.9. The molecule has 2 unspecified atom stereocenters. The van der Waals surface area contributed by atoms with Gasteiger partial charge in [-0.25, -0.2) is 0 Å². The lowest BCUT2D eigenvalue weighted by atomic mass is 9.89. The van der Waals surface area contributed by atoms with Crippen LogP contribution in [0.2, 0.25) is 0 Å². The molecule has 0 aliphatic heterocycles. The van der Waals surface area contributed by atoms with Crippen LogP contribution in [0.15, 0.2) is 60.7 Å². The molecule has 166 valence electrons. The van der Waals surface area contributed by atoms with E-state index in [2.05, 4.69) is 12.1 Å². The van der Waals surface area contributed by atoms with Gasteiger partial charge in [0, 0.05) is 25.0 Å². The minimum atomic E-state index is -0.619. The second-order valence-corrected chi connectivity index (χ2v) is 8.45. The number of carbonyl (C=O) groups excluding carboxylic acids is 2. The fraction of sp³-hybridized carbons (Fsp3) is 0.286. The Balaban J connectivity index is 2.22. The summed E-state index contributed by atoms with van der Waals surface area (Å²) >= 11 is 0. The van der Waals surface area contributed by atoms with Crippen molar-refractivity contribution in [1.82, 2.24) is 0 Å². The highest BCUT2D eigenvalue weighted by molar-refractivity contribution is 5.68. The molecule has 0 saturated heterocycles. The van der Waals surface area contributed by atoms with Crippen molar-refractivity contribution in [2.45, 2.75) is 53.8 Å². The number of esters is 2. The Labute approximate surface area is 190 Å². The third-order valence-corrected chi connectivity index (χ3v) is 5.22. The Kier molecular flexibility index (Phi) is 7.14. The Morgan fingerprint density at radius 2 is 0.906 bits per heavy atom. The van der Waals surface area contributed by atoms with E-state index in [1.165, 1.54) is 13.8 Å². The molecule has 0 spiro atoms. The van der Waals surface area contributed by atoms with Gasteiger partial charge < -0.3 is 9.47 Å². The lowest BCUT2D eigenvalue weighted by molar-refractivity contribution is -0.146. The number of benzene rings is 3. The molecule has 0 aromatic heterocycles. The van der Waals surface area contributed by atoms with Crippen LogP contribution in [-0.2, 0) is 19.1 Å². The highest BCUT2D eigenvalue weighted by Crippen LogP contribution is 2.37. The molecule has 32 heavy (non-hydrogen) atoms. The molecule has 0 aliphatic rings. The number of hydrogen-bond donors (Lipinski definition) is 0. The number of rotatable bonds is 6. The molecule has 0 aliphatic carbocycles. The smallest absolute Gasteiger partial charge is 0.303 e. The molecule has 0 fully saturated rings. The van der Waals surface area contributed by atoms with Crippen molar-refractivity contribution < 1.29 is 19.1 Å². The summed E-state index contributed by atoms with van der Waals surface area (Å²) in [5.41, 5.74) is 7.68. The van der Waals surface area contributed by atoms with Crippen molar-refractivity contribution in [3.05, 3.63) is 105 Å². The monoisotopic (exact) mass is 430 g/mol. The number of hydrogen-bond acceptors (Lipinski definition) is 4. The van der Waals surface area contributed by atoms with Crippen LogP contribution in [0.25, 0.3) is 0 Å². The van der Waals surface area contributed by atoms with Gasteiger partial charge in [0.1, 0.15) is 0 Å². The largest absolute Gasteiger partial charge is 0.453 e. The van der Waals surface area contributed by atoms with Gasteiger partial charge in [-0.15, -0.1) is 0 Å². The number of carbonyl (C=O) groups is 2. The van der Waals surface area contributed by atoms with Crippen LogP contribution < -0.4 is 0 Å². The molecule has 3 rings (SSSR count). The zero-order chi connectivity index (χ0) is 23.4. The average molecular weight is 431 g/mol. The van der Waals surface area contributed by atoms with Crippen molar-refractivity contribution in [3.63, 3.8) is 0 Å². The van der Waals surface area contributed by atoms with Crippen LogP contribution in [0.5, 0.6) is 0 Å². The van der Waals surface area contributed by atoms with Gasteiger partial charge in [-0.1, -0.05) is 82.9 Å². The van der Waals surface area contributed by atoms with Gasteiger partial charge in [0.25, 0.3) is 0 Å². The third kappa shape index (κ3) is 5.64. The van der Waals surface area contributed by atoms with E-state index in [1.807, 2.05) is 76.2 Å². The maximum absolute atomic E-state index is 12.1. The molecule has 3 aromatic carbocycles. The molecule has 4 heteroatoms. The van der Waals surface area contributed by atoms with E-state index in [4.69, 9.17) is 9.47 Å². The van der Waals surface area contributed by atoms with Gasteiger partial charge in [0.05, 0.1) is 0 Å². The maximum atomic E-state index is 12.1. The van der Waals surface area contributed by atoms with E-state index in [0.29, 0.717) is 0 Å². The Hall–Kier alpha value is -3.40. The fourth-order valence-corrected chi connectivity index (χ4v) is 4.27. The first kappa shape index (κ1) is 23.3. The lowest BCUT2D eigenvalue weighted by Crippen LogP contribution is -2.17. The van der Waals surface area contributed by atoms with Gasteiger partial charge in [-0.2, -0.15) is 0 Å². The first-order valence-electron chi connectivity index (χ1n) is 10.7. The predicted molar refractivity (Wildman–Crippen MR) is 125 cm³/mol. The number of ether oxygens (including phenoxy) is 2. The second-order valence-electron chi connectivity index (χ2n) is 8.45. The van der Waals surface area contributed by atoms with E-state index in [-0.39, 0.29) is 11.9 Å². The van der Waals surface area contributed by atoms with Crippen molar-refractivity contribution in [1.29, 1.82) is 0 Å². The van der Waals surface area contributed by atoms with Gasteiger partial charge in [0.2, 0.25) is 0 Å². The molecule has 2 atom stereocenters. The van der Waals surface area contributed by atoms with Crippen molar-refractivity contribution >= 4 is 11.9 Å². The quantitative estimate of drug-likeness (QED) is 0.435. The van der Waals surface area contributed by atoms with Crippen LogP contribution in [0, 0.1) is 27.7 Å².